The number of carbonyl (C=O) groups is 1. The molecule has 1 N–H and O–H groups in total. The highest BCUT2D eigenvalue weighted by Gasteiger charge is 2.90. The van der Waals surface area contributed by atoms with E-state index in [1.54, 1.807) is 19.2 Å². The Morgan fingerprint density at radius 3 is 2.61 bits per heavy atom. The first-order valence-electron chi connectivity index (χ1n) is 9.60. The van der Waals surface area contributed by atoms with Gasteiger partial charge in [-0.1, -0.05) is 6.07 Å². The van der Waals surface area contributed by atoms with Crippen molar-refractivity contribution in [2.45, 2.75) is 24.7 Å². The number of aliphatic hydroxyl groups is 1. The van der Waals surface area contributed by atoms with Crippen molar-refractivity contribution in [1.82, 2.24) is 25.2 Å². The first-order valence-corrected chi connectivity index (χ1v) is 11.1. The monoisotopic (exact) mass is 476 g/mol. The molecule has 2 aromatic heterocycles. The van der Waals surface area contributed by atoms with Gasteiger partial charge in [-0.05, 0) is 36.4 Å². The summed E-state index contributed by atoms with van der Waals surface area (Å²) in [5, 5.41) is 21.8. The van der Waals surface area contributed by atoms with E-state index in [4.69, 9.17) is 18.3 Å². The smallest absolute Gasteiger partial charge is 0.405 e. The molecule has 7 rings (SSSR count). The minimum atomic E-state index is -3.99. The molecule has 13 nitrogen and oxygen atoms in total. The maximum Gasteiger partial charge on any atom is 0.486 e. The molecule has 1 spiro atoms. The number of rotatable bonds is 4. The normalized spacial score (nSPS) is 30.7. The van der Waals surface area contributed by atoms with E-state index in [1.165, 1.54) is 30.0 Å². The molecule has 1 amide bonds. The lowest BCUT2D eigenvalue weighted by Gasteiger charge is -2.39. The molecule has 4 saturated heterocycles. The van der Waals surface area contributed by atoms with E-state index in [0.717, 1.165) is 11.0 Å². The highest BCUT2D eigenvalue weighted by Crippen LogP contribution is 2.81. The number of amides is 1. The first-order chi connectivity index (χ1) is 15.7. The number of nitrogens with zero attached hydrogens (tertiary/aromatic N) is 6. The van der Waals surface area contributed by atoms with Crippen molar-refractivity contribution in [1.29, 1.82) is 0 Å². The van der Waals surface area contributed by atoms with Crippen molar-refractivity contribution in [2.24, 2.45) is 7.05 Å². The lowest BCUT2D eigenvalue weighted by molar-refractivity contribution is -0.278. The number of pyridine rings is 1. The Kier molecular flexibility index (Phi) is 3.94. The molecule has 1 aromatic carbocycles. The number of hydrogen-bond donors (Lipinski definition) is 1. The summed E-state index contributed by atoms with van der Waals surface area (Å²) in [6.07, 6.45) is -1.04. The Bertz CT molecular complexity index is 1350. The predicted molar refractivity (Wildman–Crippen MR) is 104 cm³/mol. The molecule has 3 aromatic rings. The largest absolute Gasteiger partial charge is 0.486 e. The summed E-state index contributed by atoms with van der Waals surface area (Å²) in [7, 11) is -2.36. The summed E-state index contributed by atoms with van der Waals surface area (Å²) in [5.74, 6) is -4.66. The van der Waals surface area contributed by atoms with Crippen LogP contribution in [0.5, 0.6) is 0 Å². The Balaban J connectivity index is 1.34. The second-order valence-electron chi connectivity index (χ2n) is 7.55. The summed E-state index contributed by atoms with van der Waals surface area (Å²) in [6, 6.07) is 7.14. The summed E-state index contributed by atoms with van der Waals surface area (Å²) >= 11 is 0. The van der Waals surface area contributed by atoms with E-state index in [1.807, 2.05) is 0 Å². The van der Waals surface area contributed by atoms with Crippen LogP contribution >= 0.6 is 7.82 Å². The summed E-state index contributed by atoms with van der Waals surface area (Å²) in [5.41, 5.74) is 1.09. The quantitative estimate of drug-likeness (QED) is 0.550. The third kappa shape index (κ3) is 2.60. The number of phosphoric acid groups is 1. The van der Waals surface area contributed by atoms with Gasteiger partial charge in [0.15, 0.2) is 0 Å². The third-order valence-corrected chi connectivity index (χ3v) is 6.88. The van der Waals surface area contributed by atoms with E-state index in [-0.39, 0.29) is 11.3 Å². The zero-order valence-electron chi connectivity index (χ0n) is 16.9. The number of phosphoric ester groups is 1. The summed E-state index contributed by atoms with van der Waals surface area (Å²) in [4.78, 5) is 18.9. The van der Waals surface area contributed by atoms with Gasteiger partial charge in [-0.15, -0.1) is 10.2 Å². The maximum absolute atomic E-state index is 15.1. The number of benzene rings is 1. The number of tetrazole rings is 1. The Morgan fingerprint density at radius 2 is 2.00 bits per heavy atom. The predicted octanol–water partition coefficient (Wildman–Crippen LogP) is 1.95. The second kappa shape index (κ2) is 6.40. The third-order valence-electron chi connectivity index (χ3n) is 5.45. The molecule has 4 fully saturated rings. The molecule has 0 aliphatic carbocycles. The number of hydrogen-bond acceptors (Lipinski definition) is 11. The Hall–Kier alpha value is -3.29. The van der Waals surface area contributed by atoms with E-state index in [9.17, 15) is 14.5 Å². The average Bonchev–Trinajstić information content (AvgIpc) is 3.41. The SMILES string of the molecule is C[C@H](O)[C@@]12OC(=O)N(c3ccc(-c4ccc(-c5nnn(C)n5)nc4)c(F)c3)C13OP(=O)(O3)O2. The van der Waals surface area contributed by atoms with Crippen LogP contribution in [0.2, 0.25) is 0 Å². The molecule has 6 heterocycles. The maximum atomic E-state index is 15.1. The van der Waals surface area contributed by atoms with Crippen LogP contribution in [0.1, 0.15) is 6.92 Å². The number of carbonyl (C=O) groups excluding carboxylic acids is 1. The minimum Gasteiger partial charge on any atom is -0.405 e. The van der Waals surface area contributed by atoms with Gasteiger partial charge in [-0.2, -0.15) is 4.80 Å². The van der Waals surface area contributed by atoms with Crippen molar-refractivity contribution in [3.8, 4) is 22.6 Å². The fraction of sp³-hybridized carbons (Fsp3) is 0.278. The molecule has 2 bridgehead atoms. The molecule has 170 valence electrons. The van der Waals surface area contributed by atoms with Gasteiger partial charge in [0.05, 0.1) is 12.7 Å². The van der Waals surface area contributed by atoms with Gasteiger partial charge >= 0.3 is 25.6 Å². The zero-order valence-corrected chi connectivity index (χ0v) is 17.8. The van der Waals surface area contributed by atoms with E-state index in [2.05, 4.69) is 20.4 Å². The Morgan fingerprint density at radius 1 is 1.21 bits per heavy atom. The molecule has 33 heavy (non-hydrogen) atoms. The lowest BCUT2D eigenvalue weighted by Crippen LogP contribution is -2.63. The molecule has 15 heteroatoms. The number of aliphatic hydroxyl groups excluding tert-OH is 1. The highest BCUT2D eigenvalue weighted by atomic mass is 31.2. The van der Waals surface area contributed by atoms with Crippen LogP contribution in [0.15, 0.2) is 36.5 Å². The average molecular weight is 476 g/mol. The van der Waals surface area contributed by atoms with Crippen LogP contribution in [0, 0.1) is 5.82 Å². The standard InChI is InChI=1S/C18H14FN6O7P/c1-9(26)17-18(31-33(28,30-17)32-18)25(16(27)29-17)11-4-5-12(13(19)7-11)10-3-6-14(20-8-10)15-21-23-24(2)22-15/h3-9,26H,1-2H3/t9-,17-,18?,33?/m0/s1. The van der Waals surface area contributed by atoms with Gasteiger partial charge in [0.2, 0.25) is 5.82 Å². The first kappa shape index (κ1) is 20.3. The number of aromatic nitrogens is 5. The Labute approximate surface area is 184 Å². The number of halogens is 1. The molecular formula is C18H14FN6O7P. The van der Waals surface area contributed by atoms with E-state index < -0.39 is 37.5 Å². The van der Waals surface area contributed by atoms with Crippen LogP contribution in [0.3, 0.4) is 0 Å². The topological polar surface area (TPSA) is 151 Å². The molecule has 0 unspecified atom stereocenters. The van der Waals surface area contributed by atoms with Crippen molar-refractivity contribution in [3.05, 3.63) is 42.3 Å². The second-order valence-corrected chi connectivity index (χ2v) is 8.99. The van der Waals surface area contributed by atoms with Crippen LogP contribution in [-0.4, -0.2) is 54.2 Å². The van der Waals surface area contributed by atoms with E-state index in [0.29, 0.717) is 17.1 Å². The molecule has 0 saturated carbocycles. The van der Waals surface area contributed by atoms with E-state index >= 15 is 4.39 Å². The van der Waals surface area contributed by atoms with Gasteiger partial charge in [0, 0.05) is 17.3 Å². The van der Waals surface area contributed by atoms with Crippen molar-refractivity contribution < 1.29 is 37.2 Å². The molecule has 0 radical (unpaired) electrons. The molecule has 4 aliphatic heterocycles. The molecular weight excluding hydrogens is 462 g/mol. The number of ether oxygens (including phenoxy) is 1. The molecule has 4 aliphatic rings. The van der Waals surface area contributed by atoms with Gasteiger partial charge in [-0.25, -0.2) is 32.2 Å². The summed E-state index contributed by atoms with van der Waals surface area (Å²) < 4.78 is 48.1. The summed E-state index contributed by atoms with van der Waals surface area (Å²) in [6.45, 7) is 1.26. The number of aryl methyl sites for hydroxylation is 1. The van der Waals surface area contributed by atoms with Crippen LogP contribution < -0.4 is 4.90 Å². The highest BCUT2D eigenvalue weighted by molar-refractivity contribution is 7.50. The zero-order chi connectivity index (χ0) is 23.2. The van der Waals surface area contributed by atoms with Crippen molar-refractivity contribution >= 4 is 19.6 Å². The van der Waals surface area contributed by atoms with Crippen LogP contribution in [0.4, 0.5) is 14.9 Å². The van der Waals surface area contributed by atoms with Crippen molar-refractivity contribution in [3.63, 3.8) is 0 Å². The van der Waals surface area contributed by atoms with Crippen LogP contribution in [0.25, 0.3) is 22.6 Å². The van der Waals surface area contributed by atoms with Gasteiger partial charge < -0.3 is 9.84 Å². The minimum absolute atomic E-state index is 0.0196. The number of anilines is 1. The van der Waals surface area contributed by atoms with Gasteiger partial charge in [0.25, 0.3) is 0 Å². The molecule has 2 atom stereocenters. The van der Waals surface area contributed by atoms with Crippen LogP contribution in [-0.2, 0) is 29.9 Å². The fourth-order valence-electron chi connectivity index (χ4n) is 3.96. The van der Waals surface area contributed by atoms with Gasteiger partial charge in [0.1, 0.15) is 17.6 Å². The van der Waals surface area contributed by atoms with Crippen molar-refractivity contribution in [2.75, 3.05) is 4.90 Å². The lowest BCUT2D eigenvalue weighted by atomic mass is 10.0. The fourth-order valence-corrected chi connectivity index (χ4v) is 5.71. The van der Waals surface area contributed by atoms with Gasteiger partial charge in [-0.3, -0.25) is 4.98 Å².